The van der Waals surface area contributed by atoms with Gasteiger partial charge in [-0.3, -0.25) is 4.79 Å². The van der Waals surface area contributed by atoms with Crippen LogP contribution in [0.3, 0.4) is 0 Å². The summed E-state index contributed by atoms with van der Waals surface area (Å²) >= 11 is 6.08. The maximum atomic E-state index is 13.2. The smallest absolute Gasteiger partial charge is 0.322 e. The molecule has 35 heavy (non-hydrogen) atoms. The van der Waals surface area contributed by atoms with Crippen molar-refractivity contribution >= 4 is 34.2 Å². The molecular formula is C26H31ClN4O4. The molecule has 1 aromatic heterocycles. The Balaban J connectivity index is 1.57. The predicted octanol–water partition coefficient (Wildman–Crippen LogP) is 4.72. The van der Waals surface area contributed by atoms with E-state index in [-0.39, 0.29) is 18.1 Å². The molecule has 2 heterocycles. The minimum atomic E-state index is -0.284. The van der Waals surface area contributed by atoms with Crippen molar-refractivity contribution in [3.8, 4) is 11.5 Å². The third-order valence-electron chi connectivity index (χ3n) is 6.11. The van der Waals surface area contributed by atoms with Crippen LogP contribution in [0, 0.1) is 0 Å². The summed E-state index contributed by atoms with van der Waals surface area (Å²) in [7, 11) is 0. The molecule has 2 N–H and O–H groups in total. The predicted molar refractivity (Wildman–Crippen MR) is 139 cm³/mol. The van der Waals surface area contributed by atoms with Gasteiger partial charge < -0.3 is 29.6 Å². The number of hydrogen-bond donors (Lipinski definition) is 2. The van der Waals surface area contributed by atoms with Crippen LogP contribution in [0.25, 0.3) is 10.9 Å². The van der Waals surface area contributed by atoms with E-state index in [9.17, 15) is 9.59 Å². The van der Waals surface area contributed by atoms with Gasteiger partial charge in [0.05, 0.1) is 12.1 Å². The molecule has 0 radical (unpaired) electrons. The number of fused-ring (bicyclic) bond motifs is 2. The Morgan fingerprint density at radius 3 is 2.51 bits per heavy atom. The van der Waals surface area contributed by atoms with E-state index in [2.05, 4.69) is 29.0 Å². The van der Waals surface area contributed by atoms with Crippen molar-refractivity contribution in [2.45, 2.75) is 26.8 Å². The van der Waals surface area contributed by atoms with Crippen LogP contribution >= 0.6 is 11.6 Å². The zero-order chi connectivity index (χ0) is 24.8. The number of pyridine rings is 1. The van der Waals surface area contributed by atoms with Gasteiger partial charge in [0.1, 0.15) is 13.2 Å². The van der Waals surface area contributed by atoms with E-state index < -0.39 is 0 Å². The van der Waals surface area contributed by atoms with Crippen molar-refractivity contribution in [1.82, 2.24) is 14.8 Å². The first kappa shape index (κ1) is 24.9. The summed E-state index contributed by atoms with van der Waals surface area (Å²) in [5, 5.41) is 4.27. The Kier molecular flexibility index (Phi) is 8.15. The zero-order valence-corrected chi connectivity index (χ0v) is 20.9. The first-order valence-corrected chi connectivity index (χ1v) is 12.3. The highest BCUT2D eigenvalue weighted by Crippen LogP contribution is 2.33. The first-order chi connectivity index (χ1) is 17.0. The molecule has 0 spiro atoms. The molecule has 1 aliphatic heterocycles. The summed E-state index contributed by atoms with van der Waals surface area (Å²) in [4.78, 5) is 33.0. The average molecular weight is 499 g/mol. The van der Waals surface area contributed by atoms with Crippen LogP contribution in [0.15, 0.2) is 47.3 Å². The molecule has 3 aromatic rings. The summed E-state index contributed by atoms with van der Waals surface area (Å²) in [5.41, 5.74) is 1.53. The quantitative estimate of drug-likeness (QED) is 0.446. The molecule has 0 unspecified atom stereocenters. The third kappa shape index (κ3) is 6.26. The van der Waals surface area contributed by atoms with Gasteiger partial charge in [-0.2, -0.15) is 0 Å². The van der Waals surface area contributed by atoms with E-state index in [4.69, 9.17) is 21.1 Å². The first-order valence-electron chi connectivity index (χ1n) is 12.0. The number of aromatic amines is 1. The van der Waals surface area contributed by atoms with Crippen molar-refractivity contribution in [3.63, 3.8) is 0 Å². The van der Waals surface area contributed by atoms with Crippen LogP contribution in [-0.4, -0.2) is 60.2 Å². The number of H-pyrrole nitrogens is 1. The fourth-order valence-corrected chi connectivity index (χ4v) is 4.35. The third-order valence-corrected chi connectivity index (χ3v) is 6.34. The number of halogens is 1. The number of anilines is 1. The van der Waals surface area contributed by atoms with Gasteiger partial charge >= 0.3 is 6.03 Å². The fourth-order valence-electron chi connectivity index (χ4n) is 4.16. The van der Waals surface area contributed by atoms with E-state index in [0.29, 0.717) is 53.0 Å². The number of nitrogens with zero attached hydrogens (tertiary/aromatic N) is 2. The molecule has 4 rings (SSSR count). The normalized spacial score (nSPS) is 12.7. The summed E-state index contributed by atoms with van der Waals surface area (Å²) in [6.45, 7) is 8.64. The molecule has 2 amide bonds. The van der Waals surface area contributed by atoms with Gasteiger partial charge in [-0.05, 0) is 56.4 Å². The minimum Gasteiger partial charge on any atom is -0.486 e. The number of carbonyl (C=O) groups excluding carboxylic acids is 1. The van der Waals surface area contributed by atoms with Crippen LogP contribution in [0.5, 0.6) is 11.5 Å². The second kappa shape index (κ2) is 11.5. The van der Waals surface area contributed by atoms with Gasteiger partial charge in [0.2, 0.25) is 0 Å². The number of nitrogens with one attached hydrogen (secondary N) is 2. The maximum Gasteiger partial charge on any atom is 0.322 e. The number of hydrogen-bond acceptors (Lipinski definition) is 5. The highest BCUT2D eigenvalue weighted by molar-refractivity contribution is 6.30. The molecule has 0 atom stereocenters. The lowest BCUT2D eigenvalue weighted by atomic mass is 10.1. The number of ether oxygens (including phenoxy) is 2. The SMILES string of the molecule is CCN(CC)CCCN(Cc1cc2cc3c(cc2[nH]c1=O)OCCO3)C(=O)Nc1cccc(Cl)c1. The number of rotatable bonds is 9. The summed E-state index contributed by atoms with van der Waals surface area (Å²) in [5.74, 6) is 1.27. The topological polar surface area (TPSA) is 86.9 Å². The standard InChI is InChI=1S/C26H31ClN4O4/c1-3-30(4-2)9-6-10-31(26(33)28-21-8-5-7-20(27)15-21)17-19-13-18-14-23-24(35-12-11-34-23)16-22(18)29-25(19)32/h5,7-8,13-16H,3-4,6,9-12,17H2,1-2H3,(H,28,33)(H,29,32). The van der Waals surface area contributed by atoms with Crippen molar-refractivity contribution < 1.29 is 14.3 Å². The van der Waals surface area contributed by atoms with Gasteiger partial charge in [0.25, 0.3) is 5.56 Å². The van der Waals surface area contributed by atoms with Crippen LogP contribution in [0.4, 0.5) is 10.5 Å². The van der Waals surface area contributed by atoms with E-state index >= 15 is 0 Å². The number of amides is 2. The van der Waals surface area contributed by atoms with Crippen molar-refractivity contribution in [2.24, 2.45) is 0 Å². The lowest BCUT2D eigenvalue weighted by molar-refractivity contribution is 0.172. The van der Waals surface area contributed by atoms with Gasteiger partial charge in [0.15, 0.2) is 11.5 Å². The lowest BCUT2D eigenvalue weighted by Gasteiger charge is -2.25. The van der Waals surface area contributed by atoms with E-state index in [1.165, 1.54) is 0 Å². The summed E-state index contributed by atoms with van der Waals surface area (Å²) in [6.07, 6.45) is 0.787. The average Bonchev–Trinajstić information content (AvgIpc) is 2.85. The van der Waals surface area contributed by atoms with Gasteiger partial charge in [-0.15, -0.1) is 0 Å². The largest absolute Gasteiger partial charge is 0.486 e. The molecule has 0 bridgehead atoms. The van der Waals surface area contributed by atoms with Crippen molar-refractivity contribution in [1.29, 1.82) is 0 Å². The van der Waals surface area contributed by atoms with E-state index in [1.807, 2.05) is 12.1 Å². The molecule has 9 heteroatoms. The Morgan fingerprint density at radius 1 is 1.06 bits per heavy atom. The molecule has 2 aromatic carbocycles. The molecule has 0 saturated heterocycles. The van der Waals surface area contributed by atoms with Crippen LogP contribution in [-0.2, 0) is 6.54 Å². The minimum absolute atomic E-state index is 0.171. The molecule has 0 aliphatic carbocycles. The molecule has 8 nitrogen and oxygen atoms in total. The molecular weight excluding hydrogens is 468 g/mol. The monoisotopic (exact) mass is 498 g/mol. The maximum absolute atomic E-state index is 13.2. The van der Waals surface area contributed by atoms with Gasteiger partial charge in [-0.1, -0.05) is 31.5 Å². The second-order valence-electron chi connectivity index (χ2n) is 8.45. The number of urea groups is 1. The van der Waals surface area contributed by atoms with E-state index in [0.717, 1.165) is 31.4 Å². The summed E-state index contributed by atoms with van der Waals surface area (Å²) < 4.78 is 11.3. The fraction of sp³-hybridized carbons (Fsp3) is 0.385. The molecule has 0 fully saturated rings. The van der Waals surface area contributed by atoms with Crippen LogP contribution < -0.4 is 20.3 Å². The number of carbonyl (C=O) groups is 1. The van der Waals surface area contributed by atoms with Crippen LogP contribution in [0.1, 0.15) is 25.8 Å². The second-order valence-corrected chi connectivity index (χ2v) is 8.89. The number of benzene rings is 2. The Hall–Kier alpha value is -3.23. The van der Waals surface area contributed by atoms with Crippen molar-refractivity contribution in [2.75, 3.05) is 44.7 Å². The van der Waals surface area contributed by atoms with Crippen molar-refractivity contribution in [3.05, 3.63) is 63.4 Å². The Labute approximate surface area is 209 Å². The zero-order valence-electron chi connectivity index (χ0n) is 20.1. The number of aromatic nitrogens is 1. The highest BCUT2D eigenvalue weighted by atomic mass is 35.5. The molecule has 0 saturated carbocycles. The Morgan fingerprint density at radius 2 is 1.80 bits per heavy atom. The van der Waals surface area contributed by atoms with Gasteiger partial charge in [-0.25, -0.2) is 4.79 Å². The summed E-state index contributed by atoms with van der Waals surface area (Å²) in [6, 6.07) is 12.2. The van der Waals surface area contributed by atoms with Crippen LogP contribution in [0.2, 0.25) is 5.02 Å². The van der Waals surface area contributed by atoms with E-state index in [1.54, 1.807) is 35.2 Å². The van der Waals surface area contributed by atoms with Gasteiger partial charge in [0, 0.05) is 34.3 Å². The molecule has 1 aliphatic rings. The highest BCUT2D eigenvalue weighted by Gasteiger charge is 2.19. The Bertz CT molecular complexity index is 1240. The lowest BCUT2D eigenvalue weighted by Crippen LogP contribution is -2.38. The molecule has 186 valence electrons.